The fraction of sp³-hybridized carbons (Fsp3) is 0.714. The van der Waals surface area contributed by atoms with Gasteiger partial charge in [-0.3, -0.25) is 4.98 Å². The van der Waals surface area contributed by atoms with Crippen LogP contribution < -0.4 is 10.6 Å². The smallest absolute Gasteiger partial charge is 0.146 e. The predicted molar refractivity (Wildman–Crippen MR) is 77.2 cm³/mol. The molecular formula is C14H24N4O. The Morgan fingerprint density at radius 1 is 1.21 bits per heavy atom. The van der Waals surface area contributed by atoms with Crippen molar-refractivity contribution in [3.8, 4) is 0 Å². The number of nitrogens with zero attached hydrogens (tertiary/aromatic N) is 2. The zero-order chi connectivity index (χ0) is 13.5. The first kappa shape index (κ1) is 14.1. The number of aliphatic hydroxyl groups is 1. The van der Waals surface area contributed by atoms with Gasteiger partial charge in [-0.05, 0) is 31.1 Å². The lowest BCUT2D eigenvalue weighted by Crippen LogP contribution is -2.21. The number of anilines is 2. The van der Waals surface area contributed by atoms with E-state index < -0.39 is 0 Å². The summed E-state index contributed by atoms with van der Waals surface area (Å²) < 4.78 is 0. The van der Waals surface area contributed by atoms with Crippen molar-refractivity contribution in [2.45, 2.75) is 32.6 Å². The van der Waals surface area contributed by atoms with Crippen molar-refractivity contribution in [3.63, 3.8) is 0 Å². The Hall–Kier alpha value is -1.36. The average molecular weight is 264 g/mol. The van der Waals surface area contributed by atoms with Gasteiger partial charge in [0.15, 0.2) is 0 Å². The maximum absolute atomic E-state index is 9.31. The fourth-order valence-electron chi connectivity index (χ4n) is 2.65. The van der Waals surface area contributed by atoms with Gasteiger partial charge in [0.2, 0.25) is 0 Å². The Morgan fingerprint density at radius 2 is 1.95 bits per heavy atom. The molecule has 0 saturated heterocycles. The van der Waals surface area contributed by atoms with Crippen LogP contribution >= 0.6 is 0 Å². The van der Waals surface area contributed by atoms with Gasteiger partial charge in [0.1, 0.15) is 11.6 Å². The zero-order valence-corrected chi connectivity index (χ0v) is 11.6. The molecule has 1 aliphatic rings. The zero-order valence-electron chi connectivity index (χ0n) is 11.6. The summed E-state index contributed by atoms with van der Waals surface area (Å²) >= 11 is 0. The van der Waals surface area contributed by atoms with Crippen molar-refractivity contribution in [2.24, 2.45) is 11.8 Å². The van der Waals surface area contributed by atoms with E-state index in [4.69, 9.17) is 0 Å². The average Bonchev–Trinajstić information content (AvgIpc) is 2.91. The van der Waals surface area contributed by atoms with Crippen LogP contribution in [0.2, 0.25) is 0 Å². The van der Waals surface area contributed by atoms with E-state index in [-0.39, 0.29) is 0 Å². The monoisotopic (exact) mass is 264 g/mol. The Kier molecular flexibility index (Phi) is 5.39. The highest BCUT2D eigenvalue weighted by Crippen LogP contribution is 2.31. The summed E-state index contributed by atoms with van der Waals surface area (Å²) in [4.78, 5) is 8.66. The molecule has 1 aromatic rings. The maximum atomic E-state index is 9.31. The molecule has 0 aromatic carbocycles. The lowest BCUT2D eigenvalue weighted by molar-refractivity contribution is 0.199. The molecule has 2 rings (SSSR count). The lowest BCUT2D eigenvalue weighted by Gasteiger charge is -2.18. The molecule has 1 heterocycles. The van der Waals surface area contributed by atoms with Gasteiger partial charge in [-0.1, -0.05) is 13.3 Å². The minimum Gasteiger partial charge on any atom is -0.396 e. The Labute approximate surface area is 114 Å². The van der Waals surface area contributed by atoms with Crippen LogP contribution in [0.1, 0.15) is 32.6 Å². The van der Waals surface area contributed by atoms with Gasteiger partial charge < -0.3 is 15.7 Å². The number of aliphatic hydroxyl groups excluding tert-OH is 1. The maximum Gasteiger partial charge on any atom is 0.146 e. The van der Waals surface area contributed by atoms with E-state index in [9.17, 15) is 5.11 Å². The molecule has 106 valence electrons. The molecule has 5 nitrogen and oxygen atoms in total. The first-order chi connectivity index (χ1) is 9.33. The van der Waals surface area contributed by atoms with Gasteiger partial charge in [-0.15, -0.1) is 0 Å². The molecule has 1 aliphatic carbocycles. The van der Waals surface area contributed by atoms with Crippen LogP contribution in [0, 0.1) is 11.8 Å². The number of aromatic nitrogens is 2. The molecule has 0 amide bonds. The number of rotatable bonds is 7. The van der Waals surface area contributed by atoms with E-state index in [0.717, 1.165) is 37.6 Å². The highest BCUT2D eigenvalue weighted by molar-refractivity contribution is 5.41. The highest BCUT2D eigenvalue weighted by atomic mass is 16.3. The third-order valence-corrected chi connectivity index (χ3v) is 3.79. The quantitative estimate of drug-likeness (QED) is 0.703. The number of nitrogens with one attached hydrogen (secondary N) is 2. The summed E-state index contributed by atoms with van der Waals surface area (Å²) in [7, 11) is 0. The van der Waals surface area contributed by atoms with Gasteiger partial charge in [-0.2, -0.15) is 0 Å². The molecule has 1 saturated carbocycles. The van der Waals surface area contributed by atoms with Crippen molar-refractivity contribution in [3.05, 3.63) is 12.4 Å². The third kappa shape index (κ3) is 4.06. The minimum absolute atomic E-state index is 0.302. The van der Waals surface area contributed by atoms with Crippen molar-refractivity contribution in [1.29, 1.82) is 0 Å². The third-order valence-electron chi connectivity index (χ3n) is 3.79. The molecule has 2 atom stereocenters. The molecule has 19 heavy (non-hydrogen) atoms. The summed E-state index contributed by atoms with van der Waals surface area (Å²) in [5.41, 5.74) is 0. The molecule has 0 radical (unpaired) electrons. The van der Waals surface area contributed by atoms with Crippen LogP contribution in [-0.4, -0.2) is 34.8 Å². The van der Waals surface area contributed by atoms with E-state index in [1.165, 1.54) is 12.8 Å². The van der Waals surface area contributed by atoms with E-state index in [1.54, 1.807) is 12.4 Å². The van der Waals surface area contributed by atoms with Gasteiger partial charge in [0.05, 0.1) is 12.4 Å². The minimum atomic E-state index is 0.302. The Bertz CT molecular complexity index is 385. The highest BCUT2D eigenvalue weighted by Gasteiger charge is 2.26. The van der Waals surface area contributed by atoms with Crippen molar-refractivity contribution in [1.82, 2.24) is 9.97 Å². The fourth-order valence-corrected chi connectivity index (χ4v) is 2.65. The SMILES string of the molecule is CCCNc1cncc(NCC2CCCC2CO)n1. The summed E-state index contributed by atoms with van der Waals surface area (Å²) in [5.74, 6) is 2.63. The van der Waals surface area contributed by atoms with Crippen LogP contribution in [-0.2, 0) is 0 Å². The van der Waals surface area contributed by atoms with Crippen LogP contribution in [0.4, 0.5) is 11.6 Å². The summed E-state index contributed by atoms with van der Waals surface area (Å²) in [6, 6.07) is 0. The summed E-state index contributed by atoms with van der Waals surface area (Å²) in [6.45, 7) is 4.21. The van der Waals surface area contributed by atoms with Crippen LogP contribution in [0.15, 0.2) is 12.4 Å². The normalized spacial score (nSPS) is 22.4. The van der Waals surface area contributed by atoms with Crippen molar-refractivity contribution >= 4 is 11.6 Å². The second kappa shape index (κ2) is 7.28. The number of hydrogen-bond acceptors (Lipinski definition) is 5. The van der Waals surface area contributed by atoms with E-state index in [0.29, 0.717) is 18.4 Å². The molecule has 0 aliphatic heterocycles. The molecule has 5 heteroatoms. The largest absolute Gasteiger partial charge is 0.396 e. The van der Waals surface area contributed by atoms with Gasteiger partial charge in [-0.25, -0.2) is 4.98 Å². The Balaban J connectivity index is 1.85. The molecule has 1 aromatic heterocycles. The van der Waals surface area contributed by atoms with E-state index in [1.807, 2.05) is 0 Å². The molecule has 3 N–H and O–H groups in total. The van der Waals surface area contributed by atoms with Crippen LogP contribution in [0.3, 0.4) is 0 Å². The second-order valence-corrected chi connectivity index (χ2v) is 5.23. The van der Waals surface area contributed by atoms with E-state index >= 15 is 0 Å². The number of hydrogen-bond donors (Lipinski definition) is 3. The van der Waals surface area contributed by atoms with Crippen LogP contribution in [0.5, 0.6) is 0 Å². The topological polar surface area (TPSA) is 70.1 Å². The predicted octanol–water partition coefficient (Wildman–Crippen LogP) is 2.12. The second-order valence-electron chi connectivity index (χ2n) is 5.23. The molecule has 0 spiro atoms. The van der Waals surface area contributed by atoms with Gasteiger partial charge in [0.25, 0.3) is 0 Å². The summed E-state index contributed by atoms with van der Waals surface area (Å²) in [5, 5.41) is 15.9. The molecule has 2 unspecified atom stereocenters. The van der Waals surface area contributed by atoms with Gasteiger partial charge in [0, 0.05) is 19.7 Å². The van der Waals surface area contributed by atoms with E-state index in [2.05, 4.69) is 27.5 Å². The molecule has 1 fully saturated rings. The first-order valence-corrected chi connectivity index (χ1v) is 7.24. The van der Waals surface area contributed by atoms with Crippen molar-refractivity contribution < 1.29 is 5.11 Å². The lowest BCUT2D eigenvalue weighted by atomic mass is 9.97. The van der Waals surface area contributed by atoms with Crippen molar-refractivity contribution in [2.75, 3.05) is 30.3 Å². The molecule has 0 bridgehead atoms. The summed E-state index contributed by atoms with van der Waals surface area (Å²) in [6.07, 6.45) is 8.12. The molecular weight excluding hydrogens is 240 g/mol. The van der Waals surface area contributed by atoms with Gasteiger partial charge >= 0.3 is 0 Å². The van der Waals surface area contributed by atoms with Crippen LogP contribution in [0.25, 0.3) is 0 Å². The first-order valence-electron chi connectivity index (χ1n) is 7.24. The Morgan fingerprint density at radius 3 is 2.68 bits per heavy atom. The standard InChI is InChI=1S/C14H24N4O/c1-2-6-16-13-8-15-9-14(18-13)17-7-11-4-3-5-12(11)10-19/h8-9,11-12,19H,2-7,10H2,1H3,(H2,16,17,18).